The first-order chi connectivity index (χ1) is 15.5. The maximum Gasteiger partial charge on any atom is 0.156 e. The molecular weight excluding hydrogens is 416 g/mol. The number of rotatable bonds is 10. The van der Waals surface area contributed by atoms with Crippen molar-refractivity contribution in [2.75, 3.05) is 17.7 Å². The summed E-state index contributed by atoms with van der Waals surface area (Å²) in [6.45, 7) is 10.8. The van der Waals surface area contributed by atoms with Crippen LogP contribution >= 0.6 is 11.6 Å². The van der Waals surface area contributed by atoms with Gasteiger partial charge in [0.15, 0.2) is 5.82 Å². The largest absolute Gasteiger partial charge is 0.388 e. The van der Waals surface area contributed by atoms with Gasteiger partial charge in [0.1, 0.15) is 0 Å². The third-order valence-corrected chi connectivity index (χ3v) is 6.32. The van der Waals surface area contributed by atoms with Gasteiger partial charge in [-0.25, -0.2) is 4.98 Å². The average Bonchev–Trinajstić information content (AvgIpc) is 3.11. The highest BCUT2D eigenvalue weighted by atomic mass is 35.5. The molecule has 1 heterocycles. The van der Waals surface area contributed by atoms with Crippen LogP contribution in [0.1, 0.15) is 56.4 Å². The molecule has 32 heavy (non-hydrogen) atoms. The van der Waals surface area contributed by atoms with Gasteiger partial charge >= 0.3 is 0 Å². The zero-order valence-corrected chi connectivity index (χ0v) is 20.7. The van der Waals surface area contributed by atoms with Crippen LogP contribution in [-0.2, 0) is 26.3 Å². The smallest absolute Gasteiger partial charge is 0.156 e. The number of anilines is 2. The molecule has 3 rings (SSSR count). The van der Waals surface area contributed by atoms with Crippen LogP contribution in [0.15, 0.2) is 43.0 Å². The minimum absolute atomic E-state index is 0.693. The Kier molecular flexibility index (Phi) is 8.03. The zero-order valence-electron chi connectivity index (χ0n) is 20.0. The van der Waals surface area contributed by atoms with Crippen molar-refractivity contribution in [1.82, 2.24) is 9.55 Å². The lowest BCUT2D eigenvalue weighted by atomic mass is 9.94. The highest BCUT2D eigenvalue weighted by Gasteiger charge is 2.18. The maximum absolute atomic E-state index is 6.94. The van der Waals surface area contributed by atoms with Crippen molar-refractivity contribution in [2.24, 2.45) is 7.05 Å². The van der Waals surface area contributed by atoms with Crippen molar-refractivity contribution in [3.63, 3.8) is 0 Å². The van der Waals surface area contributed by atoms with Gasteiger partial charge in [-0.3, -0.25) is 0 Å². The lowest BCUT2D eigenvalue weighted by Crippen LogP contribution is -2.07. The fraction of sp³-hybridized carbons (Fsp3) is 0.370. The van der Waals surface area contributed by atoms with Gasteiger partial charge in [0.2, 0.25) is 0 Å². The second kappa shape index (κ2) is 10.7. The first-order valence-electron chi connectivity index (χ1n) is 11.6. The van der Waals surface area contributed by atoms with Gasteiger partial charge in [0.05, 0.1) is 22.1 Å². The van der Waals surface area contributed by atoms with Crippen LogP contribution in [-0.4, -0.2) is 16.6 Å². The van der Waals surface area contributed by atoms with E-state index < -0.39 is 0 Å². The molecule has 5 heteroatoms. The van der Waals surface area contributed by atoms with E-state index >= 15 is 0 Å². The van der Waals surface area contributed by atoms with E-state index in [0.717, 1.165) is 71.8 Å². The molecule has 0 aliphatic heterocycles. The SMILES string of the molecule is C=C(Nc1cccc(-c2cccc(NC)c2CCC)c1Cl)c1nc(CC)c(CCC)n1C. The molecule has 1 aromatic heterocycles. The van der Waals surface area contributed by atoms with Crippen LogP contribution < -0.4 is 10.6 Å². The van der Waals surface area contributed by atoms with E-state index in [1.165, 1.54) is 11.3 Å². The van der Waals surface area contributed by atoms with Crippen molar-refractivity contribution in [3.05, 3.63) is 70.8 Å². The molecular formula is C27H35ClN4. The molecule has 0 saturated heterocycles. The predicted octanol–water partition coefficient (Wildman–Crippen LogP) is 7.33. The van der Waals surface area contributed by atoms with E-state index in [-0.39, 0.29) is 0 Å². The number of hydrogen-bond donors (Lipinski definition) is 2. The van der Waals surface area contributed by atoms with E-state index in [0.29, 0.717) is 5.02 Å². The highest BCUT2D eigenvalue weighted by molar-refractivity contribution is 6.36. The van der Waals surface area contributed by atoms with E-state index in [1.54, 1.807) is 0 Å². The second-order valence-corrected chi connectivity index (χ2v) is 8.47. The Morgan fingerprint density at radius 3 is 2.28 bits per heavy atom. The summed E-state index contributed by atoms with van der Waals surface area (Å²) < 4.78 is 2.16. The molecule has 2 aromatic carbocycles. The summed E-state index contributed by atoms with van der Waals surface area (Å²) >= 11 is 6.94. The molecule has 4 nitrogen and oxygen atoms in total. The summed E-state index contributed by atoms with van der Waals surface area (Å²) in [4.78, 5) is 4.86. The van der Waals surface area contributed by atoms with Gasteiger partial charge < -0.3 is 15.2 Å². The average molecular weight is 451 g/mol. The Morgan fingerprint density at radius 1 is 1.00 bits per heavy atom. The Balaban J connectivity index is 1.98. The molecule has 170 valence electrons. The molecule has 0 bridgehead atoms. The summed E-state index contributed by atoms with van der Waals surface area (Å²) in [6, 6.07) is 12.5. The molecule has 0 saturated carbocycles. The minimum atomic E-state index is 0.693. The summed E-state index contributed by atoms with van der Waals surface area (Å²) in [6.07, 6.45) is 5.07. The molecule has 0 radical (unpaired) electrons. The first-order valence-corrected chi connectivity index (χ1v) is 11.9. The lowest BCUT2D eigenvalue weighted by molar-refractivity contribution is 0.768. The number of benzene rings is 2. The molecule has 0 amide bonds. The van der Waals surface area contributed by atoms with Crippen LogP contribution in [0.4, 0.5) is 11.4 Å². The van der Waals surface area contributed by atoms with Crippen LogP contribution in [0.3, 0.4) is 0 Å². The fourth-order valence-corrected chi connectivity index (χ4v) is 4.61. The Bertz CT molecular complexity index is 1100. The number of aromatic nitrogens is 2. The van der Waals surface area contributed by atoms with E-state index in [2.05, 4.69) is 73.9 Å². The van der Waals surface area contributed by atoms with E-state index in [9.17, 15) is 0 Å². The van der Waals surface area contributed by atoms with E-state index in [4.69, 9.17) is 16.6 Å². The third-order valence-electron chi connectivity index (χ3n) is 5.91. The third kappa shape index (κ3) is 4.71. The normalized spacial score (nSPS) is 10.9. The summed E-state index contributed by atoms with van der Waals surface area (Å²) in [5.74, 6) is 0.857. The van der Waals surface area contributed by atoms with Gasteiger partial charge in [-0.2, -0.15) is 0 Å². The predicted molar refractivity (Wildman–Crippen MR) is 140 cm³/mol. The van der Waals surface area contributed by atoms with Crippen LogP contribution in [0.25, 0.3) is 16.8 Å². The van der Waals surface area contributed by atoms with Crippen molar-refractivity contribution >= 4 is 28.7 Å². The summed E-state index contributed by atoms with van der Waals surface area (Å²) in [7, 11) is 4.03. The Morgan fingerprint density at radius 2 is 1.66 bits per heavy atom. The Hall–Kier alpha value is -2.72. The first kappa shape index (κ1) is 23.9. The number of nitrogens with one attached hydrogen (secondary N) is 2. The number of halogens is 1. The standard InChI is InChI=1S/C27H35ClN4/c1-7-12-20-19(14-10-16-23(20)29-5)21-15-11-17-24(26(21)28)30-18(4)27-31-22(9-3)25(13-8-2)32(27)6/h10-11,14-17,29-30H,4,7-9,12-13H2,1-3,5-6H3. The van der Waals surface area contributed by atoms with Gasteiger partial charge in [-0.15, -0.1) is 0 Å². The number of nitrogens with zero attached hydrogens (tertiary/aromatic N) is 2. The molecule has 2 N–H and O–H groups in total. The molecule has 3 aromatic rings. The van der Waals surface area contributed by atoms with Crippen LogP contribution in [0.2, 0.25) is 5.02 Å². The molecule has 0 aliphatic rings. The molecule has 0 aliphatic carbocycles. The number of aryl methyl sites for hydroxylation is 1. The quantitative estimate of drug-likeness (QED) is 0.339. The number of imidazole rings is 1. The second-order valence-electron chi connectivity index (χ2n) is 8.09. The number of hydrogen-bond acceptors (Lipinski definition) is 3. The molecule has 0 fully saturated rings. The van der Waals surface area contributed by atoms with Crippen LogP contribution in [0.5, 0.6) is 0 Å². The Labute approximate surface area is 197 Å². The minimum Gasteiger partial charge on any atom is -0.388 e. The van der Waals surface area contributed by atoms with E-state index in [1.807, 2.05) is 19.2 Å². The van der Waals surface area contributed by atoms with Gasteiger partial charge in [0, 0.05) is 31.0 Å². The monoisotopic (exact) mass is 450 g/mol. The molecule has 0 unspecified atom stereocenters. The van der Waals surface area contributed by atoms with Gasteiger partial charge in [-0.05, 0) is 42.5 Å². The summed E-state index contributed by atoms with van der Waals surface area (Å²) in [5, 5.41) is 7.46. The van der Waals surface area contributed by atoms with Crippen LogP contribution in [0, 0.1) is 0 Å². The van der Waals surface area contributed by atoms with Crippen molar-refractivity contribution < 1.29 is 0 Å². The van der Waals surface area contributed by atoms with Crippen molar-refractivity contribution in [2.45, 2.75) is 52.9 Å². The zero-order chi connectivity index (χ0) is 23.3. The lowest BCUT2D eigenvalue weighted by Gasteiger charge is -2.18. The summed E-state index contributed by atoms with van der Waals surface area (Å²) in [5.41, 5.74) is 8.62. The highest BCUT2D eigenvalue weighted by Crippen LogP contribution is 2.39. The van der Waals surface area contributed by atoms with Crippen molar-refractivity contribution in [1.29, 1.82) is 0 Å². The topological polar surface area (TPSA) is 41.9 Å². The fourth-order valence-electron chi connectivity index (χ4n) is 4.34. The van der Waals surface area contributed by atoms with Gasteiger partial charge in [0.25, 0.3) is 0 Å². The van der Waals surface area contributed by atoms with Crippen molar-refractivity contribution in [3.8, 4) is 11.1 Å². The molecule has 0 spiro atoms. The maximum atomic E-state index is 6.94. The van der Waals surface area contributed by atoms with Gasteiger partial charge in [-0.1, -0.05) is 76.1 Å². The molecule has 0 atom stereocenters.